The van der Waals surface area contributed by atoms with Gasteiger partial charge in [0, 0.05) is 24.6 Å². The summed E-state index contributed by atoms with van der Waals surface area (Å²) in [5, 5.41) is 48.8. The highest BCUT2D eigenvalue weighted by Gasteiger charge is 2.26. The molecule has 1 rings (SSSR count). The Balaban J connectivity index is 3.31. The summed E-state index contributed by atoms with van der Waals surface area (Å²) in [4.78, 5) is 22.4. The topological polar surface area (TPSA) is 148 Å². The number of phenolic OH excluding ortho intramolecular Hbond substituents is 2. The summed E-state index contributed by atoms with van der Waals surface area (Å²) in [6.07, 6.45) is -4.78. The van der Waals surface area contributed by atoms with Gasteiger partial charge in [-0.15, -0.1) is 0 Å². The molecule has 27 heavy (non-hydrogen) atoms. The Labute approximate surface area is 149 Å². The number of nitriles is 1. The van der Waals surface area contributed by atoms with Crippen LogP contribution in [0.25, 0.3) is 5.76 Å². The third-order valence-electron chi connectivity index (χ3n) is 3.00. The van der Waals surface area contributed by atoms with E-state index in [1.54, 1.807) is 5.92 Å². The van der Waals surface area contributed by atoms with E-state index in [4.69, 9.17) is 5.26 Å². The normalized spacial score (nSPS) is 11.5. The van der Waals surface area contributed by atoms with E-state index in [1.807, 2.05) is 0 Å². The molecule has 0 aromatic heterocycles. The fourth-order valence-electron chi connectivity index (χ4n) is 1.75. The smallest absolute Gasteiger partial charge is 0.457 e. The number of likely N-dealkylation sites (N-methyl/N-ethyl adjacent to an activating group) is 1. The van der Waals surface area contributed by atoms with Gasteiger partial charge in [0.2, 0.25) is 5.75 Å². The maximum atomic E-state index is 12.1. The van der Waals surface area contributed by atoms with Gasteiger partial charge >= 0.3 is 11.9 Å². The van der Waals surface area contributed by atoms with Crippen molar-refractivity contribution in [2.75, 3.05) is 13.6 Å². The van der Waals surface area contributed by atoms with E-state index in [9.17, 15) is 43.4 Å². The molecule has 0 saturated carbocycles. The quantitative estimate of drug-likeness (QED) is 0.136. The summed E-state index contributed by atoms with van der Waals surface area (Å²) < 4.78 is 35.9. The van der Waals surface area contributed by atoms with Gasteiger partial charge in [0.15, 0.2) is 11.3 Å². The Morgan fingerprint density at radius 3 is 2.44 bits per heavy atom. The van der Waals surface area contributed by atoms with Crippen LogP contribution in [0.15, 0.2) is 17.7 Å². The maximum absolute atomic E-state index is 12.1. The van der Waals surface area contributed by atoms with Crippen LogP contribution in [0.3, 0.4) is 0 Å². The predicted molar refractivity (Wildman–Crippen MR) is 83.1 cm³/mol. The molecule has 0 aliphatic heterocycles. The number of nitro groups is 1. The zero-order valence-electron chi connectivity index (χ0n) is 13.4. The minimum atomic E-state index is -4.78. The highest BCUT2D eigenvalue weighted by atomic mass is 19.4. The number of carbonyl (C=O) groups excluding carboxylic acids is 1. The van der Waals surface area contributed by atoms with Crippen LogP contribution in [-0.2, 0) is 4.79 Å². The fourth-order valence-corrected chi connectivity index (χ4v) is 1.75. The van der Waals surface area contributed by atoms with Crippen LogP contribution in [0.5, 0.6) is 11.5 Å². The van der Waals surface area contributed by atoms with Crippen molar-refractivity contribution in [2.24, 2.45) is 0 Å². The van der Waals surface area contributed by atoms with Crippen LogP contribution in [0.1, 0.15) is 5.56 Å². The first-order valence-electron chi connectivity index (χ1n) is 6.75. The largest absolute Gasteiger partial charge is 0.506 e. The first-order valence-corrected chi connectivity index (χ1v) is 6.75. The van der Waals surface area contributed by atoms with Crippen molar-refractivity contribution in [2.45, 2.75) is 6.18 Å². The van der Waals surface area contributed by atoms with E-state index in [1.165, 1.54) is 6.07 Å². The van der Waals surface area contributed by atoms with E-state index in [-0.39, 0.29) is 0 Å². The third-order valence-corrected chi connectivity index (χ3v) is 3.00. The molecule has 1 aromatic carbocycles. The molecule has 9 nitrogen and oxygen atoms in total. The zero-order chi connectivity index (χ0) is 20.9. The lowest BCUT2D eigenvalue weighted by atomic mass is 10.1. The maximum Gasteiger partial charge on any atom is 0.457 e. The molecule has 0 atom stereocenters. The molecule has 0 unspecified atom stereocenters. The second kappa shape index (κ2) is 7.97. The van der Waals surface area contributed by atoms with Gasteiger partial charge in [-0.05, 0) is 6.07 Å². The van der Waals surface area contributed by atoms with Crippen molar-refractivity contribution in [1.82, 2.24) is 4.90 Å². The molecule has 12 heteroatoms. The number of nitrogens with zero attached hydrogens (tertiary/aromatic N) is 3. The second-order valence-electron chi connectivity index (χ2n) is 4.92. The molecule has 3 N–H and O–H groups in total. The Kier molecular flexibility index (Phi) is 6.23. The first-order chi connectivity index (χ1) is 12.4. The van der Waals surface area contributed by atoms with E-state index < -0.39 is 57.6 Å². The average Bonchev–Trinajstić information content (AvgIpc) is 2.55. The summed E-state index contributed by atoms with van der Waals surface area (Å²) in [5.74, 6) is -1.83. The summed E-state index contributed by atoms with van der Waals surface area (Å²) in [7, 11) is 1.01. The Morgan fingerprint density at radius 1 is 1.37 bits per heavy atom. The molecular weight excluding hydrogens is 375 g/mol. The fraction of sp³-hybridized carbons (Fsp3) is 0.200. The highest BCUT2D eigenvalue weighted by molar-refractivity contribution is 6.03. The van der Waals surface area contributed by atoms with E-state index in [2.05, 4.69) is 0 Å². The summed E-state index contributed by atoms with van der Waals surface area (Å²) >= 11 is 0. The number of rotatable bonds is 4. The minimum absolute atomic E-state index is 0.545. The van der Waals surface area contributed by atoms with Crippen molar-refractivity contribution in [3.05, 3.63) is 33.4 Å². The first kappa shape index (κ1) is 21.1. The zero-order valence-corrected chi connectivity index (χ0v) is 13.4. The van der Waals surface area contributed by atoms with Gasteiger partial charge in [-0.25, -0.2) is 0 Å². The van der Waals surface area contributed by atoms with Crippen LogP contribution in [0.2, 0.25) is 0 Å². The molecule has 1 amide bonds. The van der Waals surface area contributed by atoms with Crippen LogP contribution in [-0.4, -0.2) is 50.8 Å². The Bertz CT molecular complexity index is 922. The number of aliphatic hydroxyl groups is 1. The monoisotopic (exact) mass is 385 g/mol. The lowest BCUT2D eigenvalue weighted by Gasteiger charge is -2.14. The molecule has 0 heterocycles. The minimum Gasteiger partial charge on any atom is -0.506 e. The number of hydrogen-bond donors (Lipinski definition) is 3. The van der Waals surface area contributed by atoms with Crippen LogP contribution >= 0.6 is 0 Å². The SMILES string of the molecule is CN(CC#CC(F)(F)F)C(=O)/C(C#N)=C(\O)c1cc(O)c(O)c([N+](=O)[O-])c1. The third kappa shape index (κ3) is 5.27. The van der Waals surface area contributed by atoms with E-state index in [0.717, 1.165) is 13.0 Å². The van der Waals surface area contributed by atoms with E-state index in [0.29, 0.717) is 17.0 Å². The van der Waals surface area contributed by atoms with Gasteiger partial charge in [0.25, 0.3) is 5.91 Å². The Hall–Kier alpha value is -3.93. The number of hydrogen-bond acceptors (Lipinski definition) is 7. The second-order valence-corrected chi connectivity index (χ2v) is 4.92. The van der Waals surface area contributed by atoms with Gasteiger partial charge in [-0.1, -0.05) is 5.92 Å². The molecule has 0 radical (unpaired) electrons. The number of phenols is 2. The highest BCUT2D eigenvalue weighted by Crippen LogP contribution is 2.38. The summed E-state index contributed by atoms with van der Waals surface area (Å²) in [5.41, 5.74) is -2.52. The number of aliphatic hydroxyl groups excluding tert-OH is 1. The van der Waals surface area contributed by atoms with Crippen molar-refractivity contribution < 1.29 is 38.2 Å². The van der Waals surface area contributed by atoms with Crippen molar-refractivity contribution in [3.63, 3.8) is 0 Å². The number of benzene rings is 1. The lowest BCUT2D eigenvalue weighted by Crippen LogP contribution is -2.29. The molecule has 0 bridgehead atoms. The van der Waals surface area contributed by atoms with Gasteiger partial charge in [-0.3, -0.25) is 14.9 Å². The predicted octanol–water partition coefficient (Wildman–Crippen LogP) is 1.82. The van der Waals surface area contributed by atoms with Gasteiger partial charge < -0.3 is 20.2 Å². The van der Waals surface area contributed by atoms with Crippen molar-refractivity contribution >= 4 is 17.4 Å². The number of alkyl halides is 3. The van der Waals surface area contributed by atoms with Gasteiger partial charge in [-0.2, -0.15) is 18.4 Å². The van der Waals surface area contributed by atoms with Crippen LogP contribution in [0, 0.1) is 33.3 Å². The molecule has 0 fully saturated rings. The van der Waals surface area contributed by atoms with Crippen molar-refractivity contribution in [3.8, 4) is 29.4 Å². The molecule has 0 aliphatic carbocycles. The van der Waals surface area contributed by atoms with E-state index >= 15 is 0 Å². The molecule has 0 aliphatic rings. The average molecular weight is 385 g/mol. The molecular formula is C15H10F3N3O6. The van der Waals surface area contributed by atoms with Gasteiger partial charge in [0.05, 0.1) is 11.5 Å². The van der Waals surface area contributed by atoms with Gasteiger partial charge in [0.1, 0.15) is 11.8 Å². The molecule has 0 saturated heterocycles. The Morgan fingerprint density at radius 2 is 1.96 bits per heavy atom. The van der Waals surface area contributed by atoms with Crippen molar-refractivity contribution in [1.29, 1.82) is 5.26 Å². The number of halogens is 3. The summed E-state index contributed by atoms with van der Waals surface area (Å²) in [6, 6.07) is 2.58. The molecule has 0 spiro atoms. The van der Waals surface area contributed by atoms with Crippen LogP contribution < -0.4 is 0 Å². The number of nitro benzene ring substituents is 1. The summed E-state index contributed by atoms with van der Waals surface area (Å²) in [6.45, 7) is -0.724. The molecule has 142 valence electrons. The van der Waals surface area contributed by atoms with Crippen LogP contribution in [0.4, 0.5) is 18.9 Å². The number of carbonyl (C=O) groups is 1. The lowest BCUT2D eigenvalue weighted by molar-refractivity contribution is -0.386. The standard InChI is InChI=1S/C15H10F3N3O6/c1-20(4-2-3-15(16,17)18)14(25)9(7-19)12(23)8-5-10(21(26)27)13(24)11(22)6-8/h5-6,22-24H,4H2,1H3/b12-9-. The number of amides is 1. The number of aromatic hydroxyl groups is 2. The molecule has 1 aromatic rings.